The molecule has 0 atom stereocenters. The third kappa shape index (κ3) is 2.94. The number of nitro benzene ring substituents is 1. The summed E-state index contributed by atoms with van der Waals surface area (Å²) in [5, 5.41) is 13.2. The van der Waals surface area contributed by atoms with Crippen molar-refractivity contribution in [3.63, 3.8) is 0 Å². The second-order valence-electron chi connectivity index (χ2n) is 3.96. The van der Waals surface area contributed by atoms with Crippen molar-refractivity contribution in [2.24, 2.45) is 0 Å². The lowest BCUT2D eigenvalue weighted by Crippen LogP contribution is -2.14. The Hall–Kier alpha value is -2.41. The van der Waals surface area contributed by atoms with Crippen molar-refractivity contribution in [1.82, 2.24) is 0 Å². The first kappa shape index (κ1) is 14.0. The lowest BCUT2D eigenvalue weighted by molar-refractivity contribution is -0.384. The molecule has 0 bridgehead atoms. The van der Waals surface area contributed by atoms with Gasteiger partial charge in [-0.15, -0.1) is 0 Å². The van der Waals surface area contributed by atoms with Crippen molar-refractivity contribution in [3.8, 4) is 0 Å². The molecule has 0 aliphatic rings. The Labute approximate surface area is 122 Å². The van der Waals surface area contributed by atoms with E-state index in [9.17, 15) is 14.9 Å². The van der Waals surface area contributed by atoms with Gasteiger partial charge in [0.25, 0.3) is 11.6 Å². The molecule has 2 aromatic rings. The molecule has 0 heterocycles. The zero-order chi connectivity index (χ0) is 14.7. The number of non-ortho nitro benzene ring substituents is 1. The van der Waals surface area contributed by atoms with E-state index in [0.717, 1.165) is 0 Å². The van der Waals surface area contributed by atoms with Gasteiger partial charge in [0.05, 0.1) is 16.2 Å². The fourth-order valence-corrected chi connectivity index (χ4v) is 1.97. The normalized spacial score (nSPS) is 10.1. The molecular weight excluding hydrogens is 326 g/mol. The van der Waals surface area contributed by atoms with Gasteiger partial charge < -0.3 is 11.1 Å². The number of carbonyl (C=O) groups is 1. The maximum Gasteiger partial charge on any atom is 0.269 e. The molecule has 0 saturated carbocycles. The molecule has 2 aromatic carbocycles. The summed E-state index contributed by atoms with van der Waals surface area (Å²) in [4.78, 5) is 22.1. The van der Waals surface area contributed by atoms with Gasteiger partial charge in [-0.3, -0.25) is 14.9 Å². The molecule has 0 unspecified atom stereocenters. The number of benzene rings is 2. The monoisotopic (exact) mass is 335 g/mol. The minimum Gasteiger partial charge on any atom is -0.397 e. The largest absolute Gasteiger partial charge is 0.397 e. The molecule has 1 amide bonds. The number of nitrogens with zero attached hydrogens (tertiary/aromatic N) is 1. The molecule has 6 nitrogen and oxygen atoms in total. The molecule has 0 aliphatic heterocycles. The summed E-state index contributed by atoms with van der Waals surface area (Å²) in [5.41, 5.74) is 6.90. The molecule has 102 valence electrons. The van der Waals surface area contributed by atoms with Gasteiger partial charge in [-0.2, -0.15) is 0 Å². The minimum absolute atomic E-state index is 0.0371. The van der Waals surface area contributed by atoms with Crippen LogP contribution in [0, 0.1) is 10.1 Å². The summed E-state index contributed by atoms with van der Waals surface area (Å²) < 4.78 is 0.633. The van der Waals surface area contributed by atoms with Crippen LogP contribution in [0.2, 0.25) is 0 Å². The standard InChI is InChI=1S/C13H10BrN3O3/c14-11-3-1-2-10(12(11)15)13(18)16-8-4-6-9(7-5-8)17(19)20/h1-7H,15H2,(H,16,18). The van der Waals surface area contributed by atoms with E-state index in [1.165, 1.54) is 24.3 Å². The van der Waals surface area contributed by atoms with E-state index in [1.807, 2.05) is 0 Å². The summed E-state index contributed by atoms with van der Waals surface area (Å²) in [7, 11) is 0. The molecule has 0 radical (unpaired) electrons. The molecule has 0 aliphatic carbocycles. The van der Waals surface area contributed by atoms with Gasteiger partial charge in [0, 0.05) is 22.3 Å². The van der Waals surface area contributed by atoms with Crippen molar-refractivity contribution < 1.29 is 9.72 Å². The van der Waals surface area contributed by atoms with Crippen LogP contribution in [0.4, 0.5) is 17.1 Å². The van der Waals surface area contributed by atoms with Crippen molar-refractivity contribution >= 4 is 38.9 Å². The zero-order valence-electron chi connectivity index (χ0n) is 10.2. The molecule has 0 spiro atoms. The predicted octanol–water partition coefficient (Wildman–Crippen LogP) is 3.19. The lowest BCUT2D eigenvalue weighted by atomic mass is 10.1. The van der Waals surface area contributed by atoms with Crippen LogP contribution in [0.15, 0.2) is 46.9 Å². The van der Waals surface area contributed by atoms with Crippen molar-refractivity contribution in [1.29, 1.82) is 0 Å². The number of para-hydroxylation sites is 1. The summed E-state index contributed by atoms with van der Waals surface area (Å²) in [6.07, 6.45) is 0. The van der Waals surface area contributed by atoms with E-state index in [-0.39, 0.29) is 11.6 Å². The number of nitrogen functional groups attached to an aromatic ring is 1. The highest BCUT2D eigenvalue weighted by molar-refractivity contribution is 9.10. The van der Waals surface area contributed by atoms with E-state index in [1.54, 1.807) is 18.2 Å². The topological polar surface area (TPSA) is 98.3 Å². The molecule has 0 fully saturated rings. The molecule has 0 saturated heterocycles. The smallest absolute Gasteiger partial charge is 0.269 e. The van der Waals surface area contributed by atoms with Gasteiger partial charge >= 0.3 is 0 Å². The van der Waals surface area contributed by atoms with Crippen LogP contribution in [0.3, 0.4) is 0 Å². The number of hydrogen-bond acceptors (Lipinski definition) is 4. The highest BCUT2D eigenvalue weighted by Crippen LogP contribution is 2.24. The number of nitrogens with two attached hydrogens (primary N) is 1. The number of amides is 1. The van der Waals surface area contributed by atoms with Gasteiger partial charge in [0.15, 0.2) is 0 Å². The van der Waals surface area contributed by atoms with Crippen LogP contribution in [-0.4, -0.2) is 10.8 Å². The summed E-state index contributed by atoms with van der Waals surface area (Å²) in [6, 6.07) is 10.6. The highest BCUT2D eigenvalue weighted by atomic mass is 79.9. The second-order valence-corrected chi connectivity index (χ2v) is 4.81. The number of nitrogens with one attached hydrogen (secondary N) is 1. The van der Waals surface area contributed by atoms with Crippen LogP contribution in [0.1, 0.15) is 10.4 Å². The lowest BCUT2D eigenvalue weighted by Gasteiger charge is -2.08. The van der Waals surface area contributed by atoms with Gasteiger partial charge in [0.1, 0.15) is 0 Å². The first-order valence-corrected chi connectivity index (χ1v) is 6.38. The van der Waals surface area contributed by atoms with E-state index in [2.05, 4.69) is 21.2 Å². The van der Waals surface area contributed by atoms with Crippen molar-refractivity contribution in [3.05, 3.63) is 62.6 Å². The van der Waals surface area contributed by atoms with Crippen LogP contribution in [-0.2, 0) is 0 Å². The Balaban J connectivity index is 2.19. The van der Waals surface area contributed by atoms with Gasteiger partial charge in [-0.25, -0.2) is 0 Å². The minimum atomic E-state index is -0.502. The number of hydrogen-bond donors (Lipinski definition) is 2. The number of nitro groups is 1. The highest BCUT2D eigenvalue weighted by Gasteiger charge is 2.12. The van der Waals surface area contributed by atoms with E-state index in [0.29, 0.717) is 21.4 Å². The molecule has 7 heteroatoms. The summed E-state index contributed by atoms with van der Waals surface area (Å²) in [6.45, 7) is 0. The zero-order valence-corrected chi connectivity index (χ0v) is 11.8. The average molecular weight is 336 g/mol. The van der Waals surface area contributed by atoms with Crippen LogP contribution < -0.4 is 11.1 Å². The maximum atomic E-state index is 12.1. The fourth-order valence-electron chi connectivity index (χ4n) is 1.60. The molecule has 20 heavy (non-hydrogen) atoms. The SMILES string of the molecule is Nc1c(Br)cccc1C(=O)Nc1ccc([N+](=O)[O-])cc1. The predicted molar refractivity (Wildman–Crippen MR) is 79.6 cm³/mol. The fraction of sp³-hybridized carbons (Fsp3) is 0. The number of anilines is 2. The quantitative estimate of drug-likeness (QED) is 0.511. The van der Waals surface area contributed by atoms with E-state index < -0.39 is 4.92 Å². The molecular formula is C13H10BrN3O3. The number of rotatable bonds is 3. The summed E-state index contributed by atoms with van der Waals surface area (Å²) in [5.74, 6) is -0.377. The first-order chi connectivity index (χ1) is 9.49. The Morgan fingerprint density at radius 1 is 1.20 bits per heavy atom. The first-order valence-electron chi connectivity index (χ1n) is 5.59. The Bertz CT molecular complexity index is 671. The average Bonchev–Trinajstić information content (AvgIpc) is 2.42. The van der Waals surface area contributed by atoms with Gasteiger partial charge in [-0.1, -0.05) is 6.07 Å². The van der Waals surface area contributed by atoms with Gasteiger partial charge in [0.2, 0.25) is 0 Å². The third-order valence-corrected chi connectivity index (χ3v) is 3.33. The number of carbonyl (C=O) groups excluding carboxylic acids is 1. The van der Waals surface area contributed by atoms with Crippen LogP contribution in [0.5, 0.6) is 0 Å². The summed E-state index contributed by atoms with van der Waals surface area (Å²) >= 11 is 3.25. The molecule has 2 rings (SSSR count). The van der Waals surface area contributed by atoms with Crippen LogP contribution in [0.25, 0.3) is 0 Å². The van der Waals surface area contributed by atoms with Gasteiger partial charge in [-0.05, 0) is 40.2 Å². The Kier molecular flexibility index (Phi) is 3.99. The van der Waals surface area contributed by atoms with Crippen LogP contribution >= 0.6 is 15.9 Å². The Morgan fingerprint density at radius 2 is 1.85 bits per heavy atom. The molecule has 3 N–H and O–H groups in total. The Morgan fingerprint density at radius 3 is 2.45 bits per heavy atom. The van der Waals surface area contributed by atoms with E-state index in [4.69, 9.17) is 5.73 Å². The second kappa shape index (κ2) is 5.70. The van der Waals surface area contributed by atoms with Crippen molar-refractivity contribution in [2.45, 2.75) is 0 Å². The third-order valence-electron chi connectivity index (χ3n) is 2.63. The van der Waals surface area contributed by atoms with Crippen molar-refractivity contribution in [2.75, 3.05) is 11.1 Å². The van der Waals surface area contributed by atoms with E-state index >= 15 is 0 Å². The molecule has 0 aromatic heterocycles. The maximum absolute atomic E-state index is 12.1. The number of halogens is 1.